The number of amides is 1. The van der Waals surface area contributed by atoms with Gasteiger partial charge in [0.15, 0.2) is 0 Å². The average Bonchev–Trinajstić information content (AvgIpc) is 2.59. The molecule has 1 aromatic rings. The van der Waals surface area contributed by atoms with Crippen molar-refractivity contribution in [2.24, 2.45) is 5.92 Å². The van der Waals surface area contributed by atoms with E-state index in [2.05, 4.69) is 10.2 Å². The number of nitrogens with zero attached hydrogens (tertiary/aromatic N) is 2. The molecule has 7 heteroatoms. The predicted octanol–water partition coefficient (Wildman–Crippen LogP) is 3.01. The second-order valence-corrected chi connectivity index (χ2v) is 6.52. The number of nitro benzene ring substituents is 1. The van der Waals surface area contributed by atoms with Crippen molar-refractivity contribution >= 4 is 24.0 Å². The summed E-state index contributed by atoms with van der Waals surface area (Å²) in [7, 11) is 0. The van der Waals surface area contributed by atoms with Crippen LogP contribution in [0.25, 0.3) is 0 Å². The van der Waals surface area contributed by atoms with Crippen LogP contribution >= 0.6 is 12.4 Å². The van der Waals surface area contributed by atoms with E-state index in [1.165, 1.54) is 69.5 Å². The molecule has 2 atom stereocenters. The zero-order valence-corrected chi connectivity index (χ0v) is 14.5. The summed E-state index contributed by atoms with van der Waals surface area (Å²) in [6.07, 6.45) is 6.18. The fraction of sp³-hybridized carbons (Fsp3) is 0.588. The van der Waals surface area contributed by atoms with Crippen molar-refractivity contribution in [2.75, 3.05) is 19.6 Å². The molecule has 0 saturated carbocycles. The van der Waals surface area contributed by atoms with Crippen LogP contribution in [-0.4, -0.2) is 41.4 Å². The molecule has 0 unspecified atom stereocenters. The van der Waals surface area contributed by atoms with E-state index < -0.39 is 4.92 Å². The van der Waals surface area contributed by atoms with Crippen molar-refractivity contribution < 1.29 is 9.72 Å². The molecule has 3 rings (SSSR count). The van der Waals surface area contributed by atoms with Crippen LogP contribution in [0.1, 0.15) is 42.5 Å². The van der Waals surface area contributed by atoms with Gasteiger partial charge in [-0.3, -0.25) is 14.9 Å². The van der Waals surface area contributed by atoms with E-state index >= 15 is 0 Å². The minimum absolute atomic E-state index is 0. The summed E-state index contributed by atoms with van der Waals surface area (Å²) in [4.78, 5) is 25.0. The number of carbonyl (C=O) groups excluding carboxylic acids is 1. The topological polar surface area (TPSA) is 75.5 Å². The maximum absolute atomic E-state index is 12.2. The summed E-state index contributed by atoms with van der Waals surface area (Å²) in [6.45, 7) is 3.08. The molecule has 1 amide bonds. The summed E-state index contributed by atoms with van der Waals surface area (Å²) < 4.78 is 0. The number of hydrogen-bond acceptors (Lipinski definition) is 4. The third-order valence-corrected chi connectivity index (χ3v) is 5.09. The van der Waals surface area contributed by atoms with Gasteiger partial charge in [-0.1, -0.05) is 6.42 Å². The van der Waals surface area contributed by atoms with E-state index in [1.807, 2.05) is 0 Å². The molecule has 6 nitrogen and oxygen atoms in total. The second kappa shape index (κ2) is 8.44. The van der Waals surface area contributed by atoms with E-state index in [0.29, 0.717) is 24.1 Å². The molecule has 1 aromatic carbocycles. The molecule has 1 N–H and O–H groups in total. The third-order valence-electron chi connectivity index (χ3n) is 5.09. The van der Waals surface area contributed by atoms with Crippen LogP contribution in [0.2, 0.25) is 0 Å². The van der Waals surface area contributed by atoms with Crippen molar-refractivity contribution in [1.29, 1.82) is 0 Å². The Morgan fingerprint density at radius 3 is 2.58 bits per heavy atom. The highest BCUT2D eigenvalue weighted by Crippen LogP contribution is 2.30. The van der Waals surface area contributed by atoms with Crippen molar-refractivity contribution in [1.82, 2.24) is 10.2 Å². The Labute approximate surface area is 148 Å². The van der Waals surface area contributed by atoms with Crippen molar-refractivity contribution in [3.05, 3.63) is 39.9 Å². The van der Waals surface area contributed by atoms with Gasteiger partial charge < -0.3 is 10.2 Å². The number of fused-ring (bicyclic) bond motifs is 1. The van der Waals surface area contributed by atoms with Crippen LogP contribution in [-0.2, 0) is 0 Å². The Hall–Kier alpha value is -1.66. The number of nitro groups is 1. The van der Waals surface area contributed by atoms with E-state index in [4.69, 9.17) is 0 Å². The van der Waals surface area contributed by atoms with E-state index in [1.54, 1.807) is 0 Å². The summed E-state index contributed by atoms with van der Waals surface area (Å²) in [6, 6.07) is 6.38. The monoisotopic (exact) mass is 353 g/mol. The normalized spacial score (nSPS) is 23.7. The van der Waals surface area contributed by atoms with Gasteiger partial charge in [0.1, 0.15) is 0 Å². The van der Waals surface area contributed by atoms with Gasteiger partial charge in [-0.05, 0) is 56.8 Å². The third kappa shape index (κ3) is 4.24. The van der Waals surface area contributed by atoms with E-state index in [0.717, 1.165) is 0 Å². The SMILES string of the molecule is Cl.O=C(NC[C@@H]1CCCN2CCCC[C@H]12)c1ccc([N+](=O)[O-])cc1. The first-order chi connectivity index (χ1) is 11.1. The van der Waals surface area contributed by atoms with Gasteiger partial charge in [0.2, 0.25) is 0 Å². The Kier molecular flexibility index (Phi) is 6.57. The minimum atomic E-state index is -0.457. The summed E-state index contributed by atoms with van der Waals surface area (Å²) in [5.74, 6) is 0.374. The first-order valence-electron chi connectivity index (χ1n) is 8.42. The molecule has 0 aromatic heterocycles. The Morgan fingerprint density at radius 1 is 1.17 bits per heavy atom. The number of non-ortho nitro benzene ring substituents is 1. The van der Waals surface area contributed by atoms with Crippen molar-refractivity contribution in [2.45, 2.75) is 38.1 Å². The van der Waals surface area contributed by atoms with Crippen LogP contribution in [0, 0.1) is 16.0 Å². The van der Waals surface area contributed by atoms with Gasteiger partial charge in [-0.15, -0.1) is 12.4 Å². The van der Waals surface area contributed by atoms with Gasteiger partial charge >= 0.3 is 0 Å². The Bertz CT molecular complexity index is 577. The largest absolute Gasteiger partial charge is 0.352 e. The first-order valence-corrected chi connectivity index (χ1v) is 8.42. The van der Waals surface area contributed by atoms with Gasteiger partial charge in [0.05, 0.1) is 4.92 Å². The van der Waals surface area contributed by atoms with Crippen LogP contribution in [0.3, 0.4) is 0 Å². The molecule has 2 fully saturated rings. The maximum Gasteiger partial charge on any atom is 0.269 e. The highest BCUT2D eigenvalue weighted by Gasteiger charge is 2.32. The van der Waals surface area contributed by atoms with Gasteiger partial charge in [0, 0.05) is 30.3 Å². The molecule has 2 aliphatic rings. The minimum Gasteiger partial charge on any atom is -0.352 e. The number of piperidine rings is 2. The maximum atomic E-state index is 12.2. The number of halogens is 1. The molecule has 2 aliphatic heterocycles. The standard InChI is InChI=1S/C17H23N3O3.ClH/c21-17(13-6-8-15(9-7-13)20(22)23)18-12-14-4-3-11-19-10-2-1-5-16(14)19;/h6-9,14,16H,1-5,10-12H2,(H,18,21);1H/t14-,16+;/m0./s1. The molecule has 0 radical (unpaired) electrons. The number of benzene rings is 1. The lowest BCUT2D eigenvalue weighted by Crippen LogP contribution is -2.51. The second-order valence-electron chi connectivity index (χ2n) is 6.52. The predicted molar refractivity (Wildman–Crippen MR) is 94.6 cm³/mol. The van der Waals surface area contributed by atoms with Crippen LogP contribution in [0.15, 0.2) is 24.3 Å². The summed E-state index contributed by atoms with van der Waals surface area (Å²) in [5, 5.41) is 13.7. The molecule has 24 heavy (non-hydrogen) atoms. The lowest BCUT2D eigenvalue weighted by Gasteiger charge is -2.44. The summed E-state index contributed by atoms with van der Waals surface area (Å²) in [5.41, 5.74) is 0.485. The van der Waals surface area contributed by atoms with Gasteiger partial charge in [-0.25, -0.2) is 0 Å². The first kappa shape index (κ1) is 18.7. The lowest BCUT2D eigenvalue weighted by molar-refractivity contribution is -0.384. The number of hydrogen-bond donors (Lipinski definition) is 1. The molecule has 0 bridgehead atoms. The van der Waals surface area contributed by atoms with Crippen molar-refractivity contribution in [3.8, 4) is 0 Å². The molecular formula is C17H24ClN3O3. The van der Waals surface area contributed by atoms with Gasteiger partial charge in [0.25, 0.3) is 11.6 Å². The molecule has 0 aliphatic carbocycles. The summed E-state index contributed by atoms with van der Waals surface area (Å²) >= 11 is 0. The Morgan fingerprint density at radius 2 is 1.88 bits per heavy atom. The number of rotatable bonds is 4. The molecule has 0 spiro atoms. The molecular weight excluding hydrogens is 330 g/mol. The number of carbonyl (C=O) groups is 1. The molecule has 2 saturated heterocycles. The average molecular weight is 354 g/mol. The fourth-order valence-electron chi connectivity index (χ4n) is 3.88. The molecule has 132 valence electrons. The lowest BCUT2D eigenvalue weighted by atomic mass is 9.83. The fourth-order valence-corrected chi connectivity index (χ4v) is 3.88. The van der Waals surface area contributed by atoms with Crippen LogP contribution in [0.4, 0.5) is 5.69 Å². The highest BCUT2D eigenvalue weighted by atomic mass is 35.5. The van der Waals surface area contributed by atoms with Crippen LogP contribution < -0.4 is 5.32 Å². The van der Waals surface area contributed by atoms with Crippen LogP contribution in [0.5, 0.6) is 0 Å². The zero-order chi connectivity index (χ0) is 16.2. The van der Waals surface area contributed by atoms with Gasteiger partial charge in [-0.2, -0.15) is 0 Å². The van der Waals surface area contributed by atoms with E-state index in [-0.39, 0.29) is 24.0 Å². The highest BCUT2D eigenvalue weighted by molar-refractivity contribution is 5.94. The molecule has 2 heterocycles. The Balaban J connectivity index is 0.00000208. The zero-order valence-electron chi connectivity index (χ0n) is 13.6. The van der Waals surface area contributed by atoms with Crippen molar-refractivity contribution in [3.63, 3.8) is 0 Å². The number of nitrogens with one attached hydrogen (secondary N) is 1. The van der Waals surface area contributed by atoms with E-state index in [9.17, 15) is 14.9 Å². The quantitative estimate of drug-likeness (QED) is 0.667. The smallest absolute Gasteiger partial charge is 0.269 e.